The highest BCUT2D eigenvalue weighted by molar-refractivity contribution is 6.19. The summed E-state index contributed by atoms with van der Waals surface area (Å²) in [5.41, 5.74) is 22.0. The second-order valence-corrected chi connectivity index (χ2v) is 14.2. The first-order valence-corrected chi connectivity index (χ1v) is 19.4. The smallest absolute Gasteiger partial charge is 0.0795 e. The highest BCUT2D eigenvalue weighted by Crippen LogP contribution is 2.45. The van der Waals surface area contributed by atoms with Crippen molar-refractivity contribution >= 4 is 44.3 Å². The zero-order valence-electron chi connectivity index (χ0n) is 31.5. The first kappa shape index (κ1) is 34.7. The predicted octanol–water partition coefficient (Wildman–Crippen LogP) is 14.0. The van der Waals surface area contributed by atoms with E-state index in [9.17, 15) is 0 Å². The van der Waals surface area contributed by atoms with Gasteiger partial charge in [-0.15, -0.1) is 0 Å². The van der Waals surface area contributed by atoms with E-state index in [0.717, 1.165) is 57.5 Å². The number of fused-ring (bicyclic) bond motifs is 3. The summed E-state index contributed by atoms with van der Waals surface area (Å²) in [7, 11) is 0. The molecule has 2 N–H and O–H groups in total. The molecule has 1 aliphatic carbocycles. The highest BCUT2D eigenvalue weighted by Gasteiger charge is 2.25. The van der Waals surface area contributed by atoms with Gasteiger partial charge in [0.15, 0.2) is 0 Å². The number of hydrogen-bond acceptors (Lipinski definition) is 2. The van der Waals surface area contributed by atoms with Crippen LogP contribution >= 0.6 is 0 Å². The second-order valence-electron chi connectivity index (χ2n) is 14.2. The van der Waals surface area contributed by atoms with Crippen molar-refractivity contribution in [3.63, 3.8) is 0 Å². The molecular weight excluding hydrogens is 679 g/mol. The molecule has 0 bridgehead atoms. The van der Waals surface area contributed by atoms with Crippen molar-refractivity contribution in [3.8, 4) is 33.4 Å². The van der Waals surface area contributed by atoms with Crippen molar-refractivity contribution in [2.24, 2.45) is 5.73 Å². The maximum absolute atomic E-state index is 5.86. The third kappa shape index (κ3) is 6.44. The van der Waals surface area contributed by atoms with E-state index in [4.69, 9.17) is 5.73 Å². The van der Waals surface area contributed by atoms with E-state index in [2.05, 4.69) is 204 Å². The number of anilines is 2. The largest absolute Gasteiger partial charge is 0.405 e. The average Bonchev–Trinajstić information content (AvgIpc) is 3.61. The summed E-state index contributed by atoms with van der Waals surface area (Å²) in [4.78, 5) is 0. The van der Waals surface area contributed by atoms with Crippen LogP contribution in [0.1, 0.15) is 30.9 Å². The minimum absolute atomic E-state index is 1.04. The quantitative estimate of drug-likeness (QED) is 0.151. The van der Waals surface area contributed by atoms with Gasteiger partial charge in [-0.1, -0.05) is 152 Å². The van der Waals surface area contributed by atoms with Gasteiger partial charge in [0, 0.05) is 16.3 Å². The molecule has 8 aromatic rings. The zero-order chi connectivity index (χ0) is 37.8. The molecule has 0 amide bonds. The lowest BCUT2D eigenvalue weighted by Gasteiger charge is -2.29. The van der Waals surface area contributed by atoms with E-state index in [1.807, 2.05) is 13.0 Å². The highest BCUT2D eigenvalue weighted by atomic mass is 15.6. The third-order valence-corrected chi connectivity index (χ3v) is 10.8. The molecule has 3 nitrogen and oxygen atoms in total. The molecule has 0 unspecified atom stereocenters. The van der Waals surface area contributed by atoms with Gasteiger partial charge in [0.25, 0.3) is 0 Å². The van der Waals surface area contributed by atoms with Gasteiger partial charge in [0.2, 0.25) is 0 Å². The Morgan fingerprint density at radius 1 is 0.589 bits per heavy atom. The average molecular weight is 722 g/mol. The molecule has 0 fully saturated rings. The number of nitrogens with two attached hydrogens (primary N) is 1. The zero-order valence-corrected chi connectivity index (χ0v) is 31.5. The normalized spacial score (nSPS) is 13.1. The van der Waals surface area contributed by atoms with Crippen LogP contribution in [0.15, 0.2) is 206 Å². The molecule has 1 aliphatic rings. The Morgan fingerprint density at radius 2 is 1.21 bits per heavy atom. The van der Waals surface area contributed by atoms with Crippen LogP contribution in [0.25, 0.3) is 66.3 Å². The summed E-state index contributed by atoms with van der Waals surface area (Å²) in [6.45, 7) is 2.05. The van der Waals surface area contributed by atoms with E-state index in [1.165, 1.54) is 44.2 Å². The molecule has 56 heavy (non-hydrogen) atoms. The van der Waals surface area contributed by atoms with Gasteiger partial charge in [-0.25, -0.2) is 9.69 Å². The van der Waals surface area contributed by atoms with Crippen LogP contribution in [-0.4, -0.2) is 4.68 Å². The molecule has 1 heterocycles. The number of benzene rings is 7. The molecule has 0 radical (unpaired) electrons. The van der Waals surface area contributed by atoms with Gasteiger partial charge in [-0.05, 0) is 125 Å². The second kappa shape index (κ2) is 15.3. The molecule has 1 aromatic heterocycles. The molecular formula is C53H43N3. The fourth-order valence-electron chi connectivity index (χ4n) is 8.13. The van der Waals surface area contributed by atoms with Gasteiger partial charge in [-0.2, -0.15) is 0 Å². The Balaban J connectivity index is 1.39. The lowest BCUT2D eigenvalue weighted by molar-refractivity contribution is 0.886. The molecule has 0 atom stereocenters. The SMILES string of the molecule is C/C=C(\C=C/N)c1ccc(N(c2ccc(C3=CCCC=C3)cc2)n2c3cccc(-c4ccccc4)c3c3cc(-c4ccccc4)cc(-c4ccccc4)c32)cc1. The summed E-state index contributed by atoms with van der Waals surface area (Å²) in [5, 5.41) is 4.80. The molecule has 0 aliphatic heterocycles. The summed E-state index contributed by atoms with van der Waals surface area (Å²) in [6.07, 6.45) is 14.7. The van der Waals surface area contributed by atoms with Gasteiger partial charge in [0.1, 0.15) is 0 Å². The van der Waals surface area contributed by atoms with Crippen LogP contribution < -0.4 is 10.7 Å². The van der Waals surface area contributed by atoms with E-state index in [1.54, 1.807) is 6.20 Å². The lowest BCUT2D eigenvalue weighted by atomic mass is 9.93. The minimum atomic E-state index is 1.04. The van der Waals surface area contributed by atoms with E-state index in [0.29, 0.717) is 0 Å². The van der Waals surface area contributed by atoms with Crippen molar-refractivity contribution < 1.29 is 0 Å². The number of allylic oxidation sites excluding steroid dienone is 7. The van der Waals surface area contributed by atoms with Crippen molar-refractivity contribution in [3.05, 3.63) is 218 Å². The lowest BCUT2D eigenvalue weighted by Crippen LogP contribution is -2.24. The van der Waals surface area contributed by atoms with E-state index in [-0.39, 0.29) is 0 Å². The van der Waals surface area contributed by atoms with Crippen molar-refractivity contribution in [2.45, 2.75) is 19.8 Å². The van der Waals surface area contributed by atoms with Gasteiger partial charge >= 0.3 is 0 Å². The van der Waals surface area contributed by atoms with Crippen molar-refractivity contribution in [2.75, 3.05) is 5.01 Å². The first-order valence-electron chi connectivity index (χ1n) is 19.4. The summed E-state index contributed by atoms with van der Waals surface area (Å²) >= 11 is 0. The molecule has 7 aromatic carbocycles. The molecule has 270 valence electrons. The van der Waals surface area contributed by atoms with Crippen LogP contribution in [-0.2, 0) is 0 Å². The summed E-state index contributed by atoms with van der Waals surface area (Å²) < 4.78 is 2.45. The Hall–Kier alpha value is -7.10. The molecule has 9 rings (SSSR count). The van der Waals surface area contributed by atoms with Gasteiger partial charge < -0.3 is 5.73 Å². The predicted molar refractivity (Wildman–Crippen MR) is 240 cm³/mol. The fraction of sp³-hybridized carbons (Fsp3) is 0.0566. The van der Waals surface area contributed by atoms with Crippen LogP contribution in [0, 0.1) is 0 Å². The number of nitrogens with zero attached hydrogens (tertiary/aromatic N) is 2. The molecule has 0 spiro atoms. The molecule has 0 saturated heterocycles. The topological polar surface area (TPSA) is 34.2 Å². The van der Waals surface area contributed by atoms with Crippen LogP contribution in [0.2, 0.25) is 0 Å². The van der Waals surface area contributed by atoms with E-state index < -0.39 is 0 Å². The first-order chi connectivity index (χ1) is 27.7. The maximum atomic E-state index is 5.86. The number of aromatic nitrogens is 1. The molecule has 3 heteroatoms. The monoisotopic (exact) mass is 721 g/mol. The van der Waals surface area contributed by atoms with Crippen molar-refractivity contribution in [1.29, 1.82) is 0 Å². The Morgan fingerprint density at radius 3 is 1.82 bits per heavy atom. The summed E-state index contributed by atoms with van der Waals surface area (Å²) in [5.74, 6) is 0. The fourth-order valence-corrected chi connectivity index (χ4v) is 8.13. The Labute approximate surface area is 329 Å². The van der Waals surface area contributed by atoms with Crippen LogP contribution in [0.5, 0.6) is 0 Å². The number of hydrogen-bond donors (Lipinski definition) is 1. The van der Waals surface area contributed by atoms with Crippen LogP contribution in [0.3, 0.4) is 0 Å². The third-order valence-electron chi connectivity index (χ3n) is 10.8. The van der Waals surface area contributed by atoms with Gasteiger partial charge in [0.05, 0.1) is 22.4 Å². The minimum Gasteiger partial charge on any atom is -0.405 e. The Kier molecular flexibility index (Phi) is 9.49. The van der Waals surface area contributed by atoms with Crippen LogP contribution in [0.4, 0.5) is 11.4 Å². The Bertz CT molecular complexity index is 2720. The maximum Gasteiger partial charge on any atom is 0.0795 e. The van der Waals surface area contributed by atoms with Gasteiger partial charge in [-0.3, -0.25) is 0 Å². The van der Waals surface area contributed by atoms with Crippen molar-refractivity contribution in [1.82, 2.24) is 4.68 Å². The molecule has 0 saturated carbocycles. The summed E-state index contributed by atoms with van der Waals surface area (Å²) in [6, 6.07) is 61.7. The standard InChI is InChI=1S/C53H43N3/c1-2-38(34-35-54)41-26-30-46(31-27-41)55(47-32-28-42(29-33-47)39-16-7-3-8-17-39)56-51-25-15-24-48(43-20-11-5-12-21-43)52(51)50-37-45(40-18-9-4-10-19-40)36-49(53(50)56)44-22-13-6-14-23-44/h2,4-7,9-37H,3,8,54H2,1H3/b35-34-,38-2+. The number of rotatable bonds is 9. The van der Waals surface area contributed by atoms with E-state index >= 15 is 0 Å².